The van der Waals surface area contributed by atoms with Gasteiger partial charge in [-0.2, -0.15) is 0 Å². The van der Waals surface area contributed by atoms with Gasteiger partial charge in [-0.1, -0.05) is 35.4 Å². The van der Waals surface area contributed by atoms with Crippen molar-refractivity contribution in [1.82, 2.24) is 0 Å². The molecule has 0 atom stereocenters. The maximum atomic E-state index is 12.7. The van der Waals surface area contributed by atoms with Crippen LogP contribution in [0.1, 0.15) is 20.8 Å². The molecular formula is C20H19NO3S2. The van der Waals surface area contributed by atoms with Crippen LogP contribution >= 0.6 is 11.3 Å². The van der Waals surface area contributed by atoms with E-state index in [1.165, 1.54) is 11.0 Å². The van der Waals surface area contributed by atoms with Crippen LogP contribution in [0.3, 0.4) is 0 Å². The lowest BCUT2D eigenvalue weighted by Gasteiger charge is -2.16. The Kier molecular flexibility index (Phi) is 4.98. The standard InChI is InChI=1S/C20H19NO3S2/c1-14-4-8-16(9-5-14)21(3)20(22)18-12-13-19(25-18)26(23,24)17-10-6-15(2)7-11-17/h4-13H,1-3H3. The average Bonchev–Trinajstić information content (AvgIpc) is 3.12. The zero-order chi connectivity index (χ0) is 18.9. The number of amides is 1. The Morgan fingerprint density at radius 3 is 1.96 bits per heavy atom. The summed E-state index contributed by atoms with van der Waals surface area (Å²) in [6, 6.07) is 17.4. The fraction of sp³-hybridized carbons (Fsp3) is 0.150. The maximum absolute atomic E-state index is 12.7. The minimum atomic E-state index is -3.62. The second-order valence-electron chi connectivity index (χ2n) is 6.13. The van der Waals surface area contributed by atoms with Gasteiger partial charge in [-0.3, -0.25) is 4.79 Å². The number of sulfone groups is 1. The molecule has 0 radical (unpaired) electrons. The average molecular weight is 386 g/mol. The van der Waals surface area contributed by atoms with Crippen molar-refractivity contribution >= 4 is 32.8 Å². The van der Waals surface area contributed by atoms with Gasteiger partial charge in [-0.05, 0) is 50.2 Å². The molecule has 0 bridgehead atoms. The molecule has 0 saturated carbocycles. The molecule has 1 amide bonds. The first kappa shape index (κ1) is 18.4. The van der Waals surface area contributed by atoms with Crippen molar-refractivity contribution in [1.29, 1.82) is 0 Å². The molecule has 0 aliphatic heterocycles. The van der Waals surface area contributed by atoms with E-state index in [1.54, 1.807) is 37.4 Å². The monoisotopic (exact) mass is 385 g/mol. The molecule has 3 rings (SSSR count). The lowest BCUT2D eigenvalue weighted by molar-refractivity contribution is 0.0997. The number of rotatable bonds is 4. The van der Waals surface area contributed by atoms with Crippen LogP contribution in [-0.2, 0) is 9.84 Å². The van der Waals surface area contributed by atoms with Gasteiger partial charge in [-0.25, -0.2) is 8.42 Å². The van der Waals surface area contributed by atoms with E-state index in [2.05, 4.69) is 0 Å². The molecule has 0 unspecified atom stereocenters. The van der Waals surface area contributed by atoms with Crippen molar-refractivity contribution in [3.8, 4) is 0 Å². The molecule has 3 aromatic rings. The van der Waals surface area contributed by atoms with Crippen molar-refractivity contribution < 1.29 is 13.2 Å². The molecule has 0 fully saturated rings. The Morgan fingerprint density at radius 2 is 1.38 bits per heavy atom. The normalized spacial score (nSPS) is 11.3. The summed E-state index contributed by atoms with van der Waals surface area (Å²) in [6.07, 6.45) is 0. The van der Waals surface area contributed by atoms with Crippen LogP contribution in [0.4, 0.5) is 5.69 Å². The highest BCUT2D eigenvalue weighted by molar-refractivity contribution is 7.93. The zero-order valence-electron chi connectivity index (χ0n) is 14.8. The molecule has 4 nitrogen and oxygen atoms in total. The number of hydrogen-bond donors (Lipinski definition) is 0. The van der Waals surface area contributed by atoms with E-state index < -0.39 is 9.84 Å². The second kappa shape index (κ2) is 7.05. The van der Waals surface area contributed by atoms with Crippen molar-refractivity contribution in [2.45, 2.75) is 23.0 Å². The van der Waals surface area contributed by atoms with Gasteiger partial charge in [0.2, 0.25) is 9.84 Å². The highest BCUT2D eigenvalue weighted by Crippen LogP contribution is 2.29. The summed E-state index contributed by atoms with van der Waals surface area (Å²) in [5.74, 6) is -0.232. The predicted molar refractivity (Wildman–Crippen MR) is 105 cm³/mol. The van der Waals surface area contributed by atoms with Gasteiger partial charge in [0.1, 0.15) is 4.21 Å². The lowest BCUT2D eigenvalue weighted by atomic mass is 10.2. The Balaban J connectivity index is 1.88. The van der Waals surface area contributed by atoms with Gasteiger partial charge >= 0.3 is 0 Å². The molecule has 0 spiro atoms. The quantitative estimate of drug-likeness (QED) is 0.666. The van der Waals surface area contributed by atoms with Gasteiger partial charge in [-0.15, -0.1) is 11.3 Å². The number of thiophene rings is 1. The van der Waals surface area contributed by atoms with Crippen LogP contribution in [-0.4, -0.2) is 21.4 Å². The Hall–Kier alpha value is -2.44. The molecular weight excluding hydrogens is 366 g/mol. The zero-order valence-corrected chi connectivity index (χ0v) is 16.4. The number of carbonyl (C=O) groups is 1. The van der Waals surface area contributed by atoms with E-state index in [0.717, 1.165) is 28.2 Å². The highest BCUT2D eigenvalue weighted by Gasteiger charge is 2.23. The first-order chi connectivity index (χ1) is 12.3. The van der Waals surface area contributed by atoms with Gasteiger partial charge in [0.05, 0.1) is 9.77 Å². The molecule has 2 aromatic carbocycles. The third-order valence-corrected chi connectivity index (χ3v) is 7.45. The fourth-order valence-corrected chi connectivity index (χ4v) is 5.15. The smallest absolute Gasteiger partial charge is 0.268 e. The summed E-state index contributed by atoms with van der Waals surface area (Å²) < 4.78 is 25.7. The van der Waals surface area contributed by atoms with Crippen molar-refractivity contribution in [2.24, 2.45) is 0 Å². The summed E-state index contributed by atoms with van der Waals surface area (Å²) in [4.78, 5) is 14.8. The molecule has 0 aliphatic carbocycles. The van der Waals surface area contributed by atoms with E-state index in [-0.39, 0.29) is 15.0 Å². The topological polar surface area (TPSA) is 54.5 Å². The van der Waals surface area contributed by atoms with Gasteiger partial charge in [0, 0.05) is 12.7 Å². The summed E-state index contributed by atoms with van der Waals surface area (Å²) in [7, 11) is -1.94. The van der Waals surface area contributed by atoms with E-state index in [4.69, 9.17) is 0 Å². The van der Waals surface area contributed by atoms with Crippen molar-refractivity contribution in [2.75, 3.05) is 11.9 Å². The molecule has 1 aromatic heterocycles. The highest BCUT2D eigenvalue weighted by atomic mass is 32.2. The molecule has 0 saturated heterocycles. The second-order valence-corrected chi connectivity index (χ2v) is 9.40. The third-order valence-electron chi connectivity index (χ3n) is 4.11. The van der Waals surface area contributed by atoms with Crippen LogP contribution in [0, 0.1) is 13.8 Å². The molecule has 1 heterocycles. The molecule has 0 N–H and O–H groups in total. The minimum absolute atomic E-state index is 0.169. The van der Waals surface area contributed by atoms with E-state index >= 15 is 0 Å². The van der Waals surface area contributed by atoms with Crippen LogP contribution in [0.5, 0.6) is 0 Å². The number of hydrogen-bond acceptors (Lipinski definition) is 4. The van der Waals surface area contributed by atoms with E-state index in [0.29, 0.717) is 4.88 Å². The van der Waals surface area contributed by atoms with Crippen molar-refractivity contribution in [3.05, 3.63) is 76.7 Å². The van der Waals surface area contributed by atoms with Crippen LogP contribution in [0.2, 0.25) is 0 Å². The summed E-state index contributed by atoms with van der Waals surface area (Å²) in [5.41, 5.74) is 2.86. The lowest BCUT2D eigenvalue weighted by Crippen LogP contribution is -2.25. The summed E-state index contributed by atoms with van der Waals surface area (Å²) >= 11 is 0.994. The first-order valence-electron chi connectivity index (χ1n) is 8.05. The summed E-state index contributed by atoms with van der Waals surface area (Å²) in [5, 5.41) is 0. The SMILES string of the molecule is Cc1ccc(N(C)C(=O)c2ccc(S(=O)(=O)c3ccc(C)cc3)s2)cc1. The number of benzene rings is 2. The van der Waals surface area contributed by atoms with Crippen LogP contribution < -0.4 is 4.90 Å². The van der Waals surface area contributed by atoms with Gasteiger partial charge in [0.15, 0.2) is 0 Å². The Labute approximate surface area is 157 Å². The maximum Gasteiger partial charge on any atom is 0.268 e. The molecule has 26 heavy (non-hydrogen) atoms. The van der Waals surface area contributed by atoms with E-state index in [9.17, 15) is 13.2 Å². The van der Waals surface area contributed by atoms with Gasteiger partial charge < -0.3 is 4.90 Å². The predicted octanol–water partition coefficient (Wildman–Crippen LogP) is 4.47. The number of carbonyl (C=O) groups excluding carboxylic acids is 1. The number of aryl methyl sites for hydroxylation is 2. The Morgan fingerprint density at radius 1 is 0.846 bits per heavy atom. The van der Waals surface area contributed by atoms with Gasteiger partial charge in [0.25, 0.3) is 5.91 Å². The largest absolute Gasteiger partial charge is 0.311 e. The third kappa shape index (κ3) is 3.57. The minimum Gasteiger partial charge on any atom is -0.311 e. The van der Waals surface area contributed by atoms with E-state index in [1.807, 2.05) is 38.1 Å². The summed E-state index contributed by atoms with van der Waals surface area (Å²) in [6.45, 7) is 3.88. The number of anilines is 1. The first-order valence-corrected chi connectivity index (χ1v) is 10.4. The van der Waals surface area contributed by atoms with Crippen molar-refractivity contribution in [3.63, 3.8) is 0 Å². The fourth-order valence-electron chi connectivity index (χ4n) is 2.46. The molecule has 6 heteroatoms. The van der Waals surface area contributed by atoms with Crippen LogP contribution in [0.15, 0.2) is 69.8 Å². The van der Waals surface area contributed by atoms with Crippen LogP contribution in [0.25, 0.3) is 0 Å². The Bertz CT molecular complexity index is 1030. The molecule has 0 aliphatic rings. The molecule has 134 valence electrons. The number of nitrogens with zero attached hydrogens (tertiary/aromatic N) is 1.